The molecular formula is C20H21N3O2. The molecule has 0 aromatic heterocycles. The van der Waals surface area contributed by atoms with Gasteiger partial charge in [-0.2, -0.15) is 5.26 Å². The van der Waals surface area contributed by atoms with Gasteiger partial charge < -0.3 is 10.2 Å². The molecule has 0 saturated carbocycles. The maximum Gasteiger partial charge on any atom is 0.226 e. The van der Waals surface area contributed by atoms with Crippen LogP contribution in [0.25, 0.3) is 0 Å². The monoisotopic (exact) mass is 335 g/mol. The van der Waals surface area contributed by atoms with Gasteiger partial charge in [-0.3, -0.25) is 9.59 Å². The fourth-order valence-corrected chi connectivity index (χ4v) is 2.52. The lowest BCUT2D eigenvalue weighted by atomic mass is 10.1. The van der Waals surface area contributed by atoms with Crippen LogP contribution >= 0.6 is 0 Å². The van der Waals surface area contributed by atoms with E-state index < -0.39 is 0 Å². The third-order valence-corrected chi connectivity index (χ3v) is 3.83. The zero-order valence-electron chi connectivity index (χ0n) is 14.5. The van der Waals surface area contributed by atoms with Crippen molar-refractivity contribution >= 4 is 17.5 Å². The smallest absolute Gasteiger partial charge is 0.226 e. The molecular weight excluding hydrogens is 314 g/mol. The van der Waals surface area contributed by atoms with Crippen molar-refractivity contribution in [3.8, 4) is 6.07 Å². The zero-order chi connectivity index (χ0) is 18.2. The number of carbonyl (C=O) groups is 2. The molecule has 0 atom stereocenters. The maximum atomic E-state index is 12.2. The molecule has 0 bridgehead atoms. The highest BCUT2D eigenvalue weighted by atomic mass is 16.2. The van der Waals surface area contributed by atoms with Crippen molar-refractivity contribution in [3.63, 3.8) is 0 Å². The van der Waals surface area contributed by atoms with E-state index in [-0.39, 0.29) is 18.2 Å². The largest absolute Gasteiger partial charge is 0.338 e. The highest BCUT2D eigenvalue weighted by molar-refractivity contribution is 5.92. The van der Waals surface area contributed by atoms with Crippen LogP contribution in [-0.2, 0) is 16.1 Å². The number of benzene rings is 2. The van der Waals surface area contributed by atoms with Gasteiger partial charge in [-0.25, -0.2) is 0 Å². The summed E-state index contributed by atoms with van der Waals surface area (Å²) in [5, 5.41) is 11.8. The lowest BCUT2D eigenvalue weighted by Gasteiger charge is -2.21. The summed E-state index contributed by atoms with van der Waals surface area (Å²) >= 11 is 0. The molecule has 25 heavy (non-hydrogen) atoms. The maximum absolute atomic E-state index is 12.2. The molecule has 5 heteroatoms. The Morgan fingerprint density at radius 3 is 2.60 bits per heavy atom. The van der Waals surface area contributed by atoms with Crippen LogP contribution in [0.15, 0.2) is 48.5 Å². The number of hydrogen-bond donors (Lipinski definition) is 1. The average molecular weight is 335 g/mol. The first kappa shape index (κ1) is 18.2. The van der Waals surface area contributed by atoms with Crippen molar-refractivity contribution in [2.24, 2.45) is 0 Å². The summed E-state index contributed by atoms with van der Waals surface area (Å²) in [6.45, 7) is 4.29. The van der Waals surface area contributed by atoms with Gasteiger partial charge in [-0.15, -0.1) is 0 Å². The van der Waals surface area contributed by atoms with Crippen molar-refractivity contribution in [3.05, 3.63) is 65.2 Å². The first-order valence-corrected chi connectivity index (χ1v) is 8.09. The Labute approximate surface area is 147 Å². The van der Waals surface area contributed by atoms with Gasteiger partial charge in [0.25, 0.3) is 0 Å². The number of para-hydroxylation sites is 1. The van der Waals surface area contributed by atoms with E-state index in [4.69, 9.17) is 5.26 Å². The van der Waals surface area contributed by atoms with Crippen LogP contribution in [-0.4, -0.2) is 23.3 Å². The van der Waals surface area contributed by atoms with Crippen molar-refractivity contribution < 1.29 is 9.59 Å². The number of rotatable bonds is 6. The van der Waals surface area contributed by atoms with Crippen molar-refractivity contribution in [2.45, 2.75) is 26.8 Å². The van der Waals surface area contributed by atoms with Crippen molar-refractivity contribution in [1.29, 1.82) is 5.26 Å². The van der Waals surface area contributed by atoms with E-state index in [0.29, 0.717) is 24.3 Å². The summed E-state index contributed by atoms with van der Waals surface area (Å²) in [5.41, 5.74) is 3.07. The summed E-state index contributed by atoms with van der Waals surface area (Å²) in [6, 6.07) is 16.8. The second-order valence-electron chi connectivity index (χ2n) is 5.89. The number of aryl methyl sites for hydroxylation is 1. The predicted octanol–water partition coefficient (Wildman–Crippen LogP) is 3.24. The standard InChI is InChI=1S/C20H21N3O2/c1-15-6-5-7-17(12-15)14-23(16(2)24)11-10-20(25)22-19-9-4-3-8-18(19)13-21/h3-9,12H,10-11,14H2,1-2H3,(H,22,25). The molecule has 2 aromatic carbocycles. The first-order valence-electron chi connectivity index (χ1n) is 8.09. The zero-order valence-corrected chi connectivity index (χ0v) is 14.5. The minimum absolute atomic E-state index is 0.0771. The van der Waals surface area contributed by atoms with Gasteiger partial charge in [0, 0.05) is 26.4 Å². The summed E-state index contributed by atoms with van der Waals surface area (Å²) in [4.78, 5) is 25.7. The molecule has 0 unspecified atom stereocenters. The van der Waals surface area contributed by atoms with Crippen LogP contribution in [0.1, 0.15) is 30.0 Å². The summed E-state index contributed by atoms with van der Waals surface area (Å²) in [7, 11) is 0. The first-order chi connectivity index (χ1) is 12.0. The molecule has 2 rings (SSSR count). The van der Waals surface area contributed by atoms with Gasteiger partial charge in [0.1, 0.15) is 6.07 Å². The minimum Gasteiger partial charge on any atom is -0.338 e. The number of hydrogen-bond acceptors (Lipinski definition) is 3. The van der Waals surface area contributed by atoms with Gasteiger partial charge in [0.05, 0.1) is 11.3 Å². The van der Waals surface area contributed by atoms with Gasteiger partial charge in [0.2, 0.25) is 11.8 Å². The van der Waals surface area contributed by atoms with Crippen LogP contribution in [0, 0.1) is 18.3 Å². The summed E-state index contributed by atoms with van der Waals surface area (Å²) < 4.78 is 0. The number of carbonyl (C=O) groups excluding carboxylic acids is 2. The van der Waals surface area contributed by atoms with Crippen molar-refractivity contribution in [1.82, 2.24) is 4.90 Å². The summed E-state index contributed by atoms with van der Waals surface area (Å²) in [5.74, 6) is -0.301. The molecule has 5 nitrogen and oxygen atoms in total. The van der Waals surface area contributed by atoms with E-state index >= 15 is 0 Å². The van der Waals surface area contributed by atoms with E-state index in [1.54, 1.807) is 29.2 Å². The number of nitriles is 1. The third-order valence-electron chi connectivity index (χ3n) is 3.83. The van der Waals surface area contributed by atoms with Crippen LogP contribution < -0.4 is 5.32 Å². The van der Waals surface area contributed by atoms with Crippen LogP contribution in [0.2, 0.25) is 0 Å². The highest BCUT2D eigenvalue weighted by Gasteiger charge is 2.13. The van der Waals surface area contributed by atoms with E-state index in [1.807, 2.05) is 37.3 Å². The lowest BCUT2D eigenvalue weighted by molar-refractivity contribution is -0.129. The Morgan fingerprint density at radius 1 is 1.16 bits per heavy atom. The average Bonchev–Trinajstić information content (AvgIpc) is 2.59. The Hall–Kier alpha value is -3.13. The number of anilines is 1. The number of amides is 2. The highest BCUT2D eigenvalue weighted by Crippen LogP contribution is 2.14. The van der Waals surface area contributed by atoms with E-state index in [9.17, 15) is 9.59 Å². The SMILES string of the molecule is CC(=O)N(CCC(=O)Nc1ccccc1C#N)Cc1cccc(C)c1. The minimum atomic E-state index is -0.224. The molecule has 0 aliphatic rings. The molecule has 0 radical (unpaired) electrons. The molecule has 0 saturated heterocycles. The van der Waals surface area contributed by atoms with Gasteiger partial charge >= 0.3 is 0 Å². The van der Waals surface area contributed by atoms with Crippen molar-refractivity contribution in [2.75, 3.05) is 11.9 Å². The van der Waals surface area contributed by atoms with E-state index in [1.165, 1.54) is 6.92 Å². The normalized spacial score (nSPS) is 9.96. The fraction of sp³-hybridized carbons (Fsp3) is 0.250. The quantitative estimate of drug-likeness (QED) is 0.881. The molecule has 1 N–H and O–H groups in total. The molecule has 0 spiro atoms. The van der Waals surface area contributed by atoms with Crippen LogP contribution in [0.5, 0.6) is 0 Å². The number of nitrogens with one attached hydrogen (secondary N) is 1. The number of nitrogens with zero attached hydrogens (tertiary/aromatic N) is 2. The molecule has 0 aliphatic heterocycles. The fourth-order valence-electron chi connectivity index (χ4n) is 2.52. The second-order valence-corrected chi connectivity index (χ2v) is 5.89. The molecule has 0 fully saturated rings. The van der Waals surface area contributed by atoms with Crippen LogP contribution in [0.3, 0.4) is 0 Å². The Kier molecular flexibility index (Phi) is 6.30. The Morgan fingerprint density at radius 2 is 1.92 bits per heavy atom. The molecule has 0 aliphatic carbocycles. The second kappa shape index (κ2) is 8.65. The molecule has 2 amide bonds. The summed E-state index contributed by atoms with van der Waals surface area (Å²) in [6.07, 6.45) is 0.172. The van der Waals surface area contributed by atoms with Crippen LogP contribution in [0.4, 0.5) is 5.69 Å². The van der Waals surface area contributed by atoms with Gasteiger partial charge in [-0.1, -0.05) is 42.0 Å². The predicted molar refractivity (Wildman–Crippen MR) is 96.7 cm³/mol. The van der Waals surface area contributed by atoms with E-state index in [2.05, 4.69) is 5.32 Å². The third kappa shape index (κ3) is 5.47. The van der Waals surface area contributed by atoms with Gasteiger partial charge in [0.15, 0.2) is 0 Å². The molecule has 128 valence electrons. The topological polar surface area (TPSA) is 73.2 Å². The molecule has 2 aromatic rings. The van der Waals surface area contributed by atoms with E-state index in [0.717, 1.165) is 11.1 Å². The molecule has 0 heterocycles. The lowest BCUT2D eigenvalue weighted by Crippen LogP contribution is -2.31. The van der Waals surface area contributed by atoms with Gasteiger partial charge in [-0.05, 0) is 24.6 Å². The Balaban J connectivity index is 1.95. The Bertz CT molecular complexity index is 809.